The van der Waals surface area contributed by atoms with Crippen molar-refractivity contribution in [3.8, 4) is 0 Å². The minimum absolute atomic E-state index is 0.334. The molecular weight excluding hydrogens is 174 g/mol. The standard InChI is InChI=1S/C12H19NO/c1-4-11(12-6-5-9-14-12)13-8-7-10(2)3/h5-7,9,11,13H,4,8H2,1-3H3. The van der Waals surface area contributed by atoms with Gasteiger partial charge in [-0.1, -0.05) is 18.6 Å². The van der Waals surface area contributed by atoms with Gasteiger partial charge < -0.3 is 9.73 Å². The number of hydrogen-bond acceptors (Lipinski definition) is 2. The van der Waals surface area contributed by atoms with Crippen LogP contribution in [-0.2, 0) is 0 Å². The van der Waals surface area contributed by atoms with Gasteiger partial charge in [0.1, 0.15) is 5.76 Å². The van der Waals surface area contributed by atoms with Crippen LogP contribution in [0.15, 0.2) is 34.5 Å². The molecular formula is C12H19NO. The molecule has 0 saturated carbocycles. The normalized spacial score (nSPS) is 12.5. The third kappa shape index (κ3) is 3.38. The Kier molecular flexibility index (Phi) is 4.47. The molecule has 0 fully saturated rings. The van der Waals surface area contributed by atoms with E-state index in [-0.39, 0.29) is 0 Å². The van der Waals surface area contributed by atoms with E-state index in [4.69, 9.17) is 4.42 Å². The lowest BCUT2D eigenvalue weighted by molar-refractivity contribution is 0.415. The van der Waals surface area contributed by atoms with Crippen molar-refractivity contribution in [1.82, 2.24) is 5.32 Å². The van der Waals surface area contributed by atoms with Crippen LogP contribution in [0.5, 0.6) is 0 Å². The van der Waals surface area contributed by atoms with Crippen LogP contribution in [0, 0.1) is 0 Å². The second kappa shape index (κ2) is 5.66. The molecule has 2 heteroatoms. The first-order valence-corrected chi connectivity index (χ1v) is 5.14. The lowest BCUT2D eigenvalue weighted by Gasteiger charge is -2.12. The Hall–Kier alpha value is -1.02. The van der Waals surface area contributed by atoms with E-state index in [2.05, 4.69) is 32.2 Å². The first-order valence-electron chi connectivity index (χ1n) is 5.14. The van der Waals surface area contributed by atoms with E-state index in [1.165, 1.54) is 5.57 Å². The smallest absolute Gasteiger partial charge is 0.120 e. The Morgan fingerprint density at radius 3 is 2.86 bits per heavy atom. The van der Waals surface area contributed by atoms with Crippen molar-refractivity contribution < 1.29 is 4.42 Å². The molecule has 14 heavy (non-hydrogen) atoms. The highest BCUT2D eigenvalue weighted by Gasteiger charge is 2.09. The summed E-state index contributed by atoms with van der Waals surface area (Å²) < 4.78 is 5.36. The molecule has 1 aromatic rings. The molecule has 0 amide bonds. The molecule has 1 unspecified atom stereocenters. The van der Waals surface area contributed by atoms with Crippen molar-refractivity contribution in [2.24, 2.45) is 0 Å². The quantitative estimate of drug-likeness (QED) is 0.726. The Morgan fingerprint density at radius 1 is 1.57 bits per heavy atom. The topological polar surface area (TPSA) is 25.2 Å². The molecule has 1 atom stereocenters. The molecule has 0 radical (unpaired) electrons. The highest BCUT2D eigenvalue weighted by atomic mass is 16.3. The Bertz CT molecular complexity index is 271. The van der Waals surface area contributed by atoms with Gasteiger partial charge in [0.05, 0.1) is 12.3 Å². The molecule has 1 aromatic heterocycles. The Labute approximate surface area is 86.0 Å². The van der Waals surface area contributed by atoms with Crippen LogP contribution in [0.4, 0.5) is 0 Å². The maximum atomic E-state index is 5.36. The summed E-state index contributed by atoms with van der Waals surface area (Å²) in [5.41, 5.74) is 1.34. The van der Waals surface area contributed by atoms with Gasteiger partial charge in [0.2, 0.25) is 0 Å². The van der Waals surface area contributed by atoms with Crippen molar-refractivity contribution in [2.45, 2.75) is 33.2 Å². The SMILES string of the molecule is CCC(NCC=C(C)C)c1ccco1. The third-order valence-corrected chi connectivity index (χ3v) is 2.17. The van der Waals surface area contributed by atoms with E-state index in [0.29, 0.717) is 6.04 Å². The summed E-state index contributed by atoms with van der Waals surface area (Å²) in [6.07, 6.45) is 4.95. The van der Waals surface area contributed by atoms with Crippen molar-refractivity contribution in [3.63, 3.8) is 0 Å². The van der Waals surface area contributed by atoms with E-state index in [1.54, 1.807) is 6.26 Å². The Balaban J connectivity index is 2.44. The van der Waals surface area contributed by atoms with E-state index >= 15 is 0 Å². The molecule has 1 N–H and O–H groups in total. The van der Waals surface area contributed by atoms with E-state index in [9.17, 15) is 0 Å². The molecule has 0 aliphatic rings. The van der Waals surface area contributed by atoms with Crippen LogP contribution >= 0.6 is 0 Å². The number of hydrogen-bond donors (Lipinski definition) is 1. The van der Waals surface area contributed by atoms with Crippen LogP contribution in [0.2, 0.25) is 0 Å². The lowest BCUT2D eigenvalue weighted by Crippen LogP contribution is -2.20. The molecule has 0 spiro atoms. The maximum Gasteiger partial charge on any atom is 0.120 e. The van der Waals surface area contributed by atoms with E-state index in [0.717, 1.165) is 18.7 Å². The minimum atomic E-state index is 0.334. The van der Waals surface area contributed by atoms with Crippen LogP contribution in [0.3, 0.4) is 0 Å². The molecule has 0 aliphatic heterocycles. The lowest BCUT2D eigenvalue weighted by atomic mass is 10.1. The average molecular weight is 193 g/mol. The summed E-state index contributed by atoms with van der Waals surface area (Å²) in [5, 5.41) is 3.43. The predicted octanol–water partition coefficient (Wildman–Crippen LogP) is 3.29. The highest BCUT2D eigenvalue weighted by molar-refractivity contribution is 5.05. The van der Waals surface area contributed by atoms with Gasteiger partial charge in [-0.05, 0) is 32.4 Å². The first kappa shape index (κ1) is 11.1. The molecule has 0 aromatic carbocycles. The summed E-state index contributed by atoms with van der Waals surface area (Å²) in [5.74, 6) is 1.02. The summed E-state index contributed by atoms with van der Waals surface area (Å²) in [6, 6.07) is 4.28. The maximum absolute atomic E-state index is 5.36. The number of nitrogens with one attached hydrogen (secondary N) is 1. The zero-order chi connectivity index (χ0) is 10.4. The second-order valence-corrected chi connectivity index (χ2v) is 3.67. The van der Waals surface area contributed by atoms with Gasteiger partial charge in [0, 0.05) is 6.54 Å². The van der Waals surface area contributed by atoms with Gasteiger partial charge in [-0.3, -0.25) is 0 Å². The minimum Gasteiger partial charge on any atom is -0.468 e. The molecule has 0 bridgehead atoms. The molecule has 0 saturated heterocycles. The van der Waals surface area contributed by atoms with Crippen LogP contribution in [0.1, 0.15) is 39.0 Å². The van der Waals surface area contributed by atoms with Crippen LogP contribution in [-0.4, -0.2) is 6.54 Å². The van der Waals surface area contributed by atoms with Gasteiger partial charge in [-0.25, -0.2) is 0 Å². The zero-order valence-corrected chi connectivity index (χ0v) is 9.21. The van der Waals surface area contributed by atoms with Gasteiger partial charge in [0.15, 0.2) is 0 Å². The molecule has 1 heterocycles. The summed E-state index contributed by atoms with van der Waals surface area (Å²) >= 11 is 0. The molecule has 0 aliphatic carbocycles. The van der Waals surface area contributed by atoms with Crippen molar-refractivity contribution in [3.05, 3.63) is 35.8 Å². The average Bonchev–Trinajstić information content (AvgIpc) is 2.64. The fourth-order valence-electron chi connectivity index (χ4n) is 1.34. The fraction of sp³-hybridized carbons (Fsp3) is 0.500. The monoisotopic (exact) mass is 193 g/mol. The summed E-state index contributed by atoms with van der Waals surface area (Å²) in [4.78, 5) is 0. The molecule has 1 rings (SSSR count). The van der Waals surface area contributed by atoms with Gasteiger partial charge in [0.25, 0.3) is 0 Å². The van der Waals surface area contributed by atoms with E-state index < -0.39 is 0 Å². The highest BCUT2D eigenvalue weighted by Crippen LogP contribution is 2.16. The predicted molar refractivity (Wildman–Crippen MR) is 59.2 cm³/mol. The molecule has 2 nitrogen and oxygen atoms in total. The fourth-order valence-corrected chi connectivity index (χ4v) is 1.34. The third-order valence-electron chi connectivity index (χ3n) is 2.17. The van der Waals surface area contributed by atoms with Gasteiger partial charge in [-0.15, -0.1) is 0 Å². The summed E-state index contributed by atoms with van der Waals surface area (Å²) in [7, 11) is 0. The van der Waals surface area contributed by atoms with Gasteiger partial charge >= 0.3 is 0 Å². The second-order valence-electron chi connectivity index (χ2n) is 3.67. The van der Waals surface area contributed by atoms with Crippen LogP contribution in [0.25, 0.3) is 0 Å². The van der Waals surface area contributed by atoms with Crippen molar-refractivity contribution in [1.29, 1.82) is 0 Å². The molecule has 78 valence electrons. The Morgan fingerprint density at radius 2 is 2.36 bits per heavy atom. The summed E-state index contributed by atoms with van der Waals surface area (Å²) in [6.45, 7) is 7.27. The van der Waals surface area contributed by atoms with Crippen LogP contribution < -0.4 is 5.32 Å². The van der Waals surface area contributed by atoms with Crippen molar-refractivity contribution in [2.75, 3.05) is 6.54 Å². The van der Waals surface area contributed by atoms with Gasteiger partial charge in [-0.2, -0.15) is 0 Å². The van der Waals surface area contributed by atoms with E-state index in [1.807, 2.05) is 12.1 Å². The number of allylic oxidation sites excluding steroid dienone is 1. The largest absolute Gasteiger partial charge is 0.468 e. The zero-order valence-electron chi connectivity index (χ0n) is 9.21. The number of rotatable bonds is 5. The first-order chi connectivity index (χ1) is 6.74. The van der Waals surface area contributed by atoms with Crippen molar-refractivity contribution >= 4 is 0 Å². The number of furan rings is 1.